The van der Waals surface area contributed by atoms with Crippen molar-refractivity contribution in [3.8, 4) is 11.5 Å². The summed E-state index contributed by atoms with van der Waals surface area (Å²) >= 11 is 0. The van der Waals surface area contributed by atoms with Crippen LogP contribution in [0, 0.1) is 5.92 Å². The Morgan fingerprint density at radius 3 is 2.50 bits per heavy atom. The van der Waals surface area contributed by atoms with Crippen LogP contribution in [-0.4, -0.2) is 52.3 Å². The number of hydrogen-bond acceptors (Lipinski definition) is 5. The number of likely N-dealkylation sites (tertiary alicyclic amines) is 1. The molecule has 2 atom stereocenters. The van der Waals surface area contributed by atoms with E-state index in [9.17, 15) is 9.59 Å². The Labute approximate surface area is 154 Å². The number of carbonyl (C=O) groups excluding carboxylic acids is 2. The van der Waals surface area contributed by atoms with Gasteiger partial charge in [0.1, 0.15) is 17.4 Å². The summed E-state index contributed by atoms with van der Waals surface area (Å²) in [6.07, 6.45) is 2.25. The zero-order valence-electron chi connectivity index (χ0n) is 15.8. The molecule has 26 heavy (non-hydrogen) atoms. The summed E-state index contributed by atoms with van der Waals surface area (Å²) in [5.41, 5.74) is 0.643. The molecule has 0 bridgehead atoms. The summed E-state index contributed by atoms with van der Waals surface area (Å²) in [7, 11) is 3.14. The number of quaternary nitrogens is 1. The Kier molecular flexibility index (Phi) is 7.72. The van der Waals surface area contributed by atoms with E-state index >= 15 is 0 Å². The molecule has 2 rings (SSSR count). The SMILES string of the molecule is CCOC(=O)[C@H]1CCC[NH+](CCC(=O)Nc2cc(OC)cc(OC)c2)C1. The molecule has 0 radical (unpaired) electrons. The molecule has 1 unspecified atom stereocenters. The smallest absolute Gasteiger partial charge is 0.314 e. The van der Waals surface area contributed by atoms with Gasteiger partial charge in [-0.25, -0.2) is 0 Å². The first kappa shape index (κ1) is 20.0. The van der Waals surface area contributed by atoms with E-state index in [1.165, 1.54) is 4.90 Å². The minimum atomic E-state index is -0.113. The van der Waals surface area contributed by atoms with Gasteiger partial charge in [0.05, 0.1) is 46.9 Å². The predicted molar refractivity (Wildman–Crippen MR) is 97.7 cm³/mol. The first-order valence-corrected chi connectivity index (χ1v) is 9.08. The van der Waals surface area contributed by atoms with Crippen molar-refractivity contribution in [3.63, 3.8) is 0 Å². The summed E-state index contributed by atoms with van der Waals surface area (Å²) in [6.45, 7) is 4.65. The second kappa shape index (κ2) is 10.0. The Morgan fingerprint density at radius 1 is 1.19 bits per heavy atom. The van der Waals surface area contributed by atoms with Crippen LogP contribution in [0.15, 0.2) is 18.2 Å². The number of methoxy groups -OCH3 is 2. The van der Waals surface area contributed by atoms with Gasteiger partial charge in [-0.2, -0.15) is 0 Å². The number of rotatable bonds is 8. The lowest BCUT2D eigenvalue weighted by Crippen LogP contribution is -3.13. The molecular weight excluding hydrogens is 336 g/mol. The topological polar surface area (TPSA) is 78.3 Å². The van der Waals surface area contributed by atoms with Gasteiger partial charge in [-0.05, 0) is 19.8 Å². The minimum Gasteiger partial charge on any atom is -0.497 e. The van der Waals surface area contributed by atoms with Crippen LogP contribution in [0.1, 0.15) is 26.2 Å². The highest BCUT2D eigenvalue weighted by molar-refractivity contribution is 5.91. The van der Waals surface area contributed by atoms with Crippen LogP contribution < -0.4 is 19.7 Å². The van der Waals surface area contributed by atoms with Crippen molar-refractivity contribution in [1.29, 1.82) is 0 Å². The van der Waals surface area contributed by atoms with Gasteiger partial charge in [0.2, 0.25) is 5.91 Å². The fourth-order valence-corrected chi connectivity index (χ4v) is 3.23. The maximum Gasteiger partial charge on any atom is 0.314 e. The molecule has 1 aliphatic rings. The Balaban J connectivity index is 1.84. The maximum absolute atomic E-state index is 12.3. The molecule has 7 heteroatoms. The van der Waals surface area contributed by atoms with Crippen molar-refractivity contribution in [3.05, 3.63) is 18.2 Å². The average Bonchev–Trinajstić information content (AvgIpc) is 2.66. The van der Waals surface area contributed by atoms with Crippen LogP contribution in [0.25, 0.3) is 0 Å². The van der Waals surface area contributed by atoms with E-state index < -0.39 is 0 Å². The van der Waals surface area contributed by atoms with Gasteiger partial charge in [0.15, 0.2) is 0 Å². The molecule has 1 aromatic rings. The summed E-state index contributed by atoms with van der Waals surface area (Å²) < 4.78 is 15.5. The van der Waals surface area contributed by atoms with Gasteiger partial charge in [-0.3, -0.25) is 9.59 Å². The van der Waals surface area contributed by atoms with Crippen molar-refractivity contribution in [2.24, 2.45) is 5.92 Å². The Hall–Kier alpha value is -2.28. The van der Waals surface area contributed by atoms with Crippen molar-refractivity contribution in [2.45, 2.75) is 26.2 Å². The number of anilines is 1. The third-order valence-corrected chi connectivity index (χ3v) is 4.58. The zero-order valence-corrected chi connectivity index (χ0v) is 15.8. The third-order valence-electron chi connectivity index (χ3n) is 4.58. The lowest BCUT2D eigenvalue weighted by Gasteiger charge is -2.28. The van der Waals surface area contributed by atoms with Gasteiger partial charge < -0.3 is 24.4 Å². The van der Waals surface area contributed by atoms with Crippen LogP contribution in [0.5, 0.6) is 11.5 Å². The van der Waals surface area contributed by atoms with Crippen LogP contribution in [0.4, 0.5) is 5.69 Å². The molecule has 1 aliphatic heterocycles. The number of piperidine rings is 1. The molecule has 0 aromatic heterocycles. The molecule has 1 heterocycles. The standard InChI is InChI=1S/C19H28N2O5/c1-4-26-19(23)14-6-5-8-21(13-14)9-7-18(22)20-15-10-16(24-2)12-17(11-15)25-3/h10-12,14H,4-9,13H2,1-3H3,(H,20,22)/p+1/t14-/m0/s1. The van der Waals surface area contributed by atoms with E-state index in [-0.39, 0.29) is 17.8 Å². The number of carbonyl (C=O) groups is 2. The quantitative estimate of drug-likeness (QED) is 0.669. The van der Waals surface area contributed by atoms with Gasteiger partial charge >= 0.3 is 5.97 Å². The second-order valence-electron chi connectivity index (χ2n) is 6.44. The molecule has 1 fully saturated rings. The van der Waals surface area contributed by atoms with Crippen LogP contribution in [0.2, 0.25) is 0 Å². The molecule has 1 aromatic carbocycles. The number of hydrogen-bond donors (Lipinski definition) is 2. The van der Waals surface area contributed by atoms with E-state index in [0.29, 0.717) is 36.8 Å². The van der Waals surface area contributed by atoms with E-state index in [0.717, 1.165) is 25.9 Å². The average molecular weight is 365 g/mol. The van der Waals surface area contributed by atoms with Gasteiger partial charge in [0, 0.05) is 23.9 Å². The molecule has 0 spiro atoms. The fourth-order valence-electron chi connectivity index (χ4n) is 3.23. The molecule has 7 nitrogen and oxygen atoms in total. The summed E-state index contributed by atoms with van der Waals surface area (Å²) in [6, 6.07) is 5.26. The molecule has 2 N–H and O–H groups in total. The van der Waals surface area contributed by atoms with Crippen molar-refractivity contribution in [2.75, 3.05) is 45.8 Å². The van der Waals surface area contributed by atoms with E-state index in [1.54, 1.807) is 32.4 Å². The van der Waals surface area contributed by atoms with Crippen molar-refractivity contribution in [1.82, 2.24) is 0 Å². The van der Waals surface area contributed by atoms with Gasteiger partial charge in [0.25, 0.3) is 0 Å². The number of benzene rings is 1. The first-order chi connectivity index (χ1) is 12.5. The summed E-state index contributed by atoms with van der Waals surface area (Å²) in [4.78, 5) is 25.5. The molecule has 0 saturated carbocycles. The first-order valence-electron chi connectivity index (χ1n) is 9.08. The normalized spacial score (nSPS) is 19.5. The van der Waals surface area contributed by atoms with Crippen LogP contribution in [-0.2, 0) is 14.3 Å². The molecule has 0 aliphatic carbocycles. The maximum atomic E-state index is 12.3. The van der Waals surface area contributed by atoms with Gasteiger partial charge in [-0.15, -0.1) is 0 Å². The lowest BCUT2D eigenvalue weighted by molar-refractivity contribution is -0.906. The lowest BCUT2D eigenvalue weighted by atomic mass is 9.98. The molecule has 144 valence electrons. The highest BCUT2D eigenvalue weighted by Crippen LogP contribution is 2.25. The highest BCUT2D eigenvalue weighted by atomic mass is 16.5. The third kappa shape index (κ3) is 5.91. The highest BCUT2D eigenvalue weighted by Gasteiger charge is 2.29. The Bertz CT molecular complexity index is 598. The largest absolute Gasteiger partial charge is 0.497 e. The number of ether oxygens (including phenoxy) is 3. The molecule has 1 saturated heterocycles. The minimum absolute atomic E-state index is 0.0515. The van der Waals surface area contributed by atoms with E-state index in [2.05, 4.69) is 5.32 Å². The fraction of sp³-hybridized carbons (Fsp3) is 0.579. The van der Waals surface area contributed by atoms with Crippen LogP contribution in [0.3, 0.4) is 0 Å². The van der Waals surface area contributed by atoms with Gasteiger partial charge in [-0.1, -0.05) is 0 Å². The van der Waals surface area contributed by atoms with Crippen molar-refractivity contribution >= 4 is 17.6 Å². The number of nitrogens with one attached hydrogen (secondary N) is 2. The predicted octanol–water partition coefficient (Wildman–Crippen LogP) is 0.890. The zero-order chi connectivity index (χ0) is 18.9. The summed E-state index contributed by atoms with van der Waals surface area (Å²) in [5.74, 6) is 1.02. The molecular formula is C19H29N2O5+. The van der Waals surface area contributed by atoms with Crippen LogP contribution >= 0.6 is 0 Å². The number of esters is 1. The number of amides is 1. The second-order valence-corrected chi connectivity index (χ2v) is 6.44. The molecule has 1 amide bonds. The van der Waals surface area contributed by atoms with Crippen molar-refractivity contribution < 1.29 is 28.7 Å². The van der Waals surface area contributed by atoms with E-state index in [4.69, 9.17) is 14.2 Å². The Morgan fingerprint density at radius 2 is 1.88 bits per heavy atom. The van der Waals surface area contributed by atoms with E-state index in [1.807, 2.05) is 6.92 Å². The summed E-state index contributed by atoms with van der Waals surface area (Å²) in [5, 5.41) is 2.88. The monoisotopic (exact) mass is 365 g/mol.